The van der Waals surface area contributed by atoms with E-state index in [2.05, 4.69) is 0 Å². The molecule has 0 bridgehead atoms. The van der Waals surface area contributed by atoms with Gasteiger partial charge in [0.2, 0.25) is 0 Å². The van der Waals surface area contributed by atoms with E-state index in [4.69, 9.17) is 9.47 Å². The molecule has 1 heterocycles. The molecule has 0 saturated heterocycles. The maximum atomic E-state index is 12.3. The van der Waals surface area contributed by atoms with Crippen molar-refractivity contribution < 1.29 is 19.1 Å². The smallest absolute Gasteiger partial charge is 0.323 e. The molecule has 0 aromatic carbocycles. The van der Waals surface area contributed by atoms with E-state index in [0.717, 1.165) is 5.56 Å². The van der Waals surface area contributed by atoms with Gasteiger partial charge in [-0.2, -0.15) is 11.3 Å². The Hall–Kier alpha value is -1.36. The lowest BCUT2D eigenvalue weighted by Crippen LogP contribution is -2.42. The summed E-state index contributed by atoms with van der Waals surface area (Å²) in [7, 11) is 0. The summed E-state index contributed by atoms with van der Waals surface area (Å²) >= 11 is 1.60. The lowest BCUT2D eigenvalue weighted by molar-refractivity contribution is -0.173. The number of ether oxygens (including phenoxy) is 2. The van der Waals surface area contributed by atoms with Gasteiger partial charge in [0.25, 0.3) is 0 Å². The van der Waals surface area contributed by atoms with E-state index < -0.39 is 17.4 Å². The molecule has 0 spiro atoms. The van der Waals surface area contributed by atoms with Crippen LogP contribution in [0.3, 0.4) is 0 Å². The molecule has 4 nitrogen and oxygen atoms in total. The van der Waals surface area contributed by atoms with Crippen LogP contribution >= 0.6 is 11.3 Å². The van der Waals surface area contributed by atoms with Crippen molar-refractivity contribution in [3.8, 4) is 0 Å². The summed E-state index contributed by atoms with van der Waals surface area (Å²) < 4.78 is 10.2. The van der Waals surface area contributed by atoms with Gasteiger partial charge in [0.1, 0.15) is 0 Å². The van der Waals surface area contributed by atoms with E-state index in [9.17, 15) is 9.59 Å². The Morgan fingerprint density at radius 1 is 1.15 bits per heavy atom. The standard InChI is InChI=1S/C15H22O4S/c1-4-15(13(16)18-5-2,14(17)19-6-3)9-7-12-8-10-20-11-12/h8,10-11H,4-7,9H2,1-3H3. The van der Waals surface area contributed by atoms with Gasteiger partial charge in [0.15, 0.2) is 5.41 Å². The molecular weight excluding hydrogens is 276 g/mol. The second kappa shape index (κ2) is 8.04. The van der Waals surface area contributed by atoms with Crippen molar-refractivity contribution in [2.24, 2.45) is 5.41 Å². The Bertz CT molecular complexity index is 407. The van der Waals surface area contributed by atoms with E-state index in [1.54, 1.807) is 25.2 Å². The number of hydrogen-bond acceptors (Lipinski definition) is 5. The van der Waals surface area contributed by atoms with Crippen LogP contribution in [-0.4, -0.2) is 25.2 Å². The van der Waals surface area contributed by atoms with Crippen LogP contribution in [-0.2, 0) is 25.5 Å². The molecule has 0 aliphatic carbocycles. The second-order valence-electron chi connectivity index (χ2n) is 4.51. The summed E-state index contributed by atoms with van der Waals surface area (Å²) in [5.41, 5.74) is -0.0602. The third-order valence-corrected chi connectivity index (χ3v) is 4.09. The third-order valence-electron chi connectivity index (χ3n) is 3.36. The Morgan fingerprint density at radius 2 is 1.75 bits per heavy atom. The maximum Gasteiger partial charge on any atom is 0.323 e. The lowest BCUT2D eigenvalue weighted by atomic mass is 9.79. The summed E-state index contributed by atoms with van der Waals surface area (Å²) in [6, 6.07) is 2.00. The van der Waals surface area contributed by atoms with Crippen LogP contribution in [0.15, 0.2) is 16.8 Å². The molecule has 0 unspecified atom stereocenters. The van der Waals surface area contributed by atoms with Gasteiger partial charge in [0, 0.05) is 0 Å². The Kier molecular flexibility index (Phi) is 6.71. The fraction of sp³-hybridized carbons (Fsp3) is 0.600. The predicted octanol–water partition coefficient (Wildman–Crippen LogP) is 3.20. The molecule has 5 heteroatoms. The summed E-state index contributed by atoms with van der Waals surface area (Å²) in [6.07, 6.45) is 1.46. The van der Waals surface area contributed by atoms with E-state index in [-0.39, 0.29) is 13.2 Å². The van der Waals surface area contributed by atoms with Crippen molar-refractivity contribution in [2.45, 2.75) is 40.0 Å². The molecule has 112 valence electrons. The van der Waals surface area contributed by atoms with Crippen molar-refractivity contribution in [1.82, 2.24) is 0 Å². The summed E-state index contributed by atoms with van der Waals surface area (Å²) in [4.78, 5) is 24.5. The molecule has 1 aromatic rings. The summed E-state index contributed by atoms with van der Waals surface area (Å²) in [6.45, 7) is 5.82. The van der Waals surface area contributed by atoms with Crippen LogP contribution in [0.1, 0.15) is 39.2 Å². The first-order chi connectivity index (χ1) is 9.60. The number of esters is 2. The fourth-order valence-electron chi connectivity index (χ4n) is 2.08. The first-order valence-corrected chi connectivity index (χ1v) is 7.90. The first kappa shape index (κ1) is 16.7. The third kappa shape index (κ3) is 3.82. The van der Waals surface area contributed by atoms with E-state index in [1.807, 2.05) is 23.8 Å². The van der Waals surface area contributed by atoms with Gasteiger partial charge < -0.3 is 9.47 Å². The van der Waals surface area contributed by atoms with Crippen LogP contribution in [0.2, 0.25) is 0 Å². The Labute approximate surface area is 124 Å². The van der Waals surface area contributed by atoms with Gasteiger partial charge >= 0.3 is 11.9 Å². The Balaban J connectivity index is 2.90. The van der Waals surface area contributed by atoms with Gasteiger partial charge in [-0.25, -0.2) is 0 Å². The zero-order valence-corrected chi connectivity index (χ0v) is 13.1. The van der Waals surface area contributed by atoms with Gasteiger partial charge in [0.05, 0.1) is 13.2 Å². The minimum atomic E-state index is -1.19. The lowest BCUT2D eigenvalue weighted by Gasteiger charge is -2.27. The van der Waals surface area contributed by atoms with E-state index in [0.29, 0.717) is 19.3 Å². The number of carbonyl (C=O) groups is 2. The van der Waals surface area contributed by atoms with Crippen LogP contribution < -0.4 is 0 Å². The van der Waals surface area contributed by atoms with Crippen LogP contribution in [0, 0.1) is 5.41 Å². The molecule has 0 radical (unpaired) electrons. The quantitative estimate of drug-likeness (QED) is 0.546. The van der Waals surface area contributed by atoms with Crippen LogP contribution in [0.25, 0.3) is 0 Å². The first-order valence-electron chi connectivity index (χ1n) is 6.96. The zero-order valence-electron chi connectivity index (χ0n) is 12.3. The number of carbonyl (C=O) groups excluding carboxylic acids is 2. The molecule has 1 rings (SSSR count). The molecule has 0 fully saturated rings. The highest BCUT2D eigenvalue weighted by molar-refractivity contribution is 7.07. The highest BCUT2D eigenvalue weighted by Gasteiger charge is 2.46. The SMILES string of the molecule is CCOC(=O)C(CC)(CCc1ccsc1)C(=O)OCC. The highest BCUT2D eigenvalue weighted by Crippen LogP contribution is 2.32. The number of hydrogen-bond donors (Lipinski definition) is 0. The molecular formula is C15H22O4S. The molecule has 0 amide bonds. The van der Waals surface area contributed by atoms with Crippen molar-refractivity contribution in [3.63, 3.8) is 0 Å². The van der Waals surface area contributed by atoms with Gasteiger partial charge in [-0.3, -0.25) is 9.59 Å². The summed E-state index contributed by atoms with van der Waals surface area (Å²) in [5, 5.41) is 4.01. The van der Waals surface area contributed by atoms with Crippen LogP contribution in [0.5, 0.6) is 0 Å². The molecule has 20 heavy (non-hydrogen) atoms. The minimum Gasteiger partial charge on any atom is -0.465 e. The highest BCUT2D eigenvalue weighted by atomic mass is 32.1. The average Bonchev–Trinajstić information content (AvgIpc) is 2.94. The van der Waals surface area contributed by atoms with E-state index >= 15 is 0 Å². The molecule has 0 saturated carbocycles. The van der Waals surface area contributed by atoms with E-state index in [1.165, 1.54) is 0 Å². The summed E-state index contributed by atoms with van der Waals surface area (Å²) in [5.74, 6) is -0.952. The molecule has 0 atom stereocenters. The maximum absolute atomic E-state index is 12.3. The number of rotatable bonds is 8. The van der Waals surface area contributed by atoms with Crippen molar-refractivity contribution in [3.05, 3.63) is 22.4 Å². The van der Waals surface area contributed by atoms with Crippen molar-refractivity contribution in [1.29, 1.82) is 0 Å². The molecule has 0 aliphatic rings. The van der Waals surface area contributed by atoms with Crippen LogP contribution in [0.4, 0.5) is 0 Å². The Morgan fingerprint density at radius 3 is 2.15 bits per heavy atom. The molecule has 0 aliphatic heterocycles. The van der Waals surface area contributed by atoms with Crippen molar-refractivity contribution in [2.75, 3.05) is 13.2 Å². The largest absolute Gasteiger partial charge is 0.465 e. The fourth-order valence-corrected chi connectivity index (χ4v) is 2.79. The normalized spacial score (nSPS) is 11.2. The minimum absolute atomic E-state index is 0.262. The molecule has 1 aromatic heterocycles. The monoisotopic (exact) mass is 298 g/mol. The zero-order chi connectivity index (χ0) is 15.0. The van der Waals surface area contributed by atoms with Gasteiger partial charge in [-0.05, 0) is 55.5 Å². The topological polar surface area (TPSA) is 52.6 Å². The van der Waals surface area contributed by atoms with Gasteiger partial charge in [-0.1, -0.05) is 6.92 Å². The number of aryl methyl sites for hydroxylation is 1. The second-order valence-corrected chi connectivity index (χ2v) is 5.29. The average molecular weight is 298 g/mol. The van der Waals surface area contributed by atoms with Crippen molar-refractivity contribution >= 4 is 23.3 Å². The molecule has 0 N–H and O–H groups in total. The predicted molar refractivity (Wildman–Crippen MR) is 78.6 cm³/mol. The van der Waals surface area contributed by atoms with Gasteiger partial charge in [-0.15, -0.1) is 0 Å². The number of thiophene rings is 1.